The predicted octanol–water partition coefficient (Wildman–Crippen LogP) is 1.22. The van der Waals surface area contributed by atoms with E-state index in [1.807, 2.05) is 0 Å². The molecule has 0 aliphatic carbocycles. The third kappa shape index (κ3) is 8.73. The number of ether oxygens (including phenoxy) is 2. The van der Waals surface area contributed by atoms with E-state index in [9.17, 15) is 19.2 Å². The van der Waals surface area contributed by atoms with Crippen LogP contribution >= 0.6 is 11.3 Å². The van der Waals surface area contributed by atoms with Gasteiger partial charge in [0.25, 0.3) is 5.91 Å². The summed E-state index contributed by atoms with van der Waals surface area (Å²) in [6, 6.07) is -1.35. The first-order valence-electron chi connectivity index (χ1n) is 12.0. The highest BCUT2D eigenvalue weighted by atomic mass is 32.1. The lowest BCUT2D eigenvalue weighted by Crippen LogP contribution is -2.70. The fourth-order valence-corrected chi connectivity index (χ4v) is 3.77. The van der Waals surface area contributed by atoms with Crippen LogP contribution in [0.25, 0.3) is 0 Å². The second-order valence-corrected chi connectivity index (χ2v) is 11.4. The maximum Gasteiger partial charge on any atom is 0.413 e. The number of hydrogen-bond acceptors (Lipinski definition) is 12. The van der Waals surface area contributed by atoms with Crippen LogP contribution in [0.5, 0.6) is 0 Å². The Hall–Kier alpha value is -4.08. The normalized spacial score (nSPS) is 18.3. The molecule has 0 saturated carbocycles. The number of thiazole rings is 1. The van der Waals surface area contributed by atoms with Crippen LogP contribution in [0.4, 0.5) is 9.93 Å². The Bertz CT molecular complexity index is 1230. The van der Waals surface area contributed by atoms with Gasteiger partial charge in [-0.05, 0) is 48.5 Å². The van der Waals surface area contributed by atoms with Crippen molar-refractivity contribution in [2.75, 3.05) is 5.32 Å². The van der Waals surface area contributed by atoms with Crippen LogP contribution in [0.2, 0.25) is 0 Å². The molecule has 3 amide bonds. The molecule has 39 heavy (non-hydrogen) atoms. The van der Waals surface area contributed by atoms with Gasteiger partial charge in [-0.25, -0.2) is 19.6 Å². The Morgan fingerprint density at radius 2 is 1.87 bits per heavy atom. The molecule has 3 heterocycles. The summed E-state index contributed by atoms with van der Waals surface area (Å²) in [5.41, 5.74) is -1.77. The molecular formula is C23H32N8O7S. The fraction of sp³-hybridized carbons (Fsp3) is 0.565. The number of esters is 1. The summed E-state index contributed by atoms with van der Waals surface area (Å²) in [6.45, 7) is 11.9. The predicted molar refractivity (Wildman–Crippen MR) is 139 cm³/mol. The van der Waals surface area contributed by atoms with E-state index in [1.54, 1.807) is 41.5 Å². The van der Waals surface area contributed by atoms with Gasteiger partial charge in [-0.3, -0.25) is 19.6 Å². The van der Waals surface area contributed by atoms with Gasteiger partial charge in [-0.15, -0.1) is 11.3 Å². The molecule has 3 N–H and O–H groups in total. The zero-order valence-corrected chi connectivity index (χ0v) is 23.5. The van der Waals surface area contributed by atoms with Crippen LogP contribution in [0, 0.1) is 0 Å². The molecule has 1 fully saturated rings. The Morgan fingerprint density at radius 1 is 1.18 bits per heavy atom. The van der Waals surface area contributed by atoms with Gasteiger partial charge in [-0.1, -0.05) is 5.16 Å². The fourth-order valence-electron chi connectivity index (χ4n) is 3.09. The summed E-state index contributed by atoms with van der Waals surface area (Å²) in [7, 11) is 0. The Morgan fingerprint density at radius 3 is 2.46 bits per heavy atom. The number of amides is 3. The molecule has 1 aliphatic heterocycles. The monoisotopic (exact) mass is 564 g/mol. The summed E-state index contributed by atoms with van der Waals surface area (Å²) in [5, 5.41) is 17.3. The van der Waals surface area contributed by atoms with Crippen LogP contribution in [-0.2, 0) is 35.2 Å². The lowest BCUT2D eigenvalue weighted by molar-refractivity contribution is -0.167. The number of aromatic nitrogens is 4. The highest BCUT2D eigenvalue weighted by molar-refractivity contribution is 7.14. The standard InChI is InChI=1S/C23H32N8O7S/c1-12(19(34)36-22(2,3)4)38-30-16(14-9-39-20(27-14)29-21(35)37-23(5,6)7)18(33)28-15-13(26-17(15)32)8-31-11-24-10-25-31/h9-13,15H,8H2,1-7H3,(H,26,32)(H,28,33)(H,27,29,35)/b30-16-/t12-,13?,15?/m0/s1. The molecule has 2 aromatic heterocycles. The number of anilines is 1. The summed E-state index contributed by atoms with van der Waals surface area (Å²) >= 11 is 1.01. The van der Waals surface area contributed by atoms with E-state index in [2.05, 4.69) is 36.2 Å². The van der Waals surface area contributed by atoms with E-state index >= 15 is 0 Å². The minimum atomic E-state index is -1.16. The third-order valence-electron chi connectivity index (χ3n) is 4.76. The van der Waals surface area contributed by atoms with Crippen LogP contribution in [-0.4, -0.2) is 78.7 Å². The average molecular weight is 565 g/mol. The second-order valence-electron chi connectivity index (χ2n) is 10.6. The molecule has 2 aromatic rings. The summed E-state index contributed by atoms with van der Waals surface area (Å²) in [5.74, 6) is -1.88. The van der Waals surface area contributed by atoms with Gasteiger partial charge in [0.2, 0.25) is 12.0 Å². The quantitative estimate of drug-likeness (QED) is 0.173. The van der Waals surface area contributed by atoms with Crippen molar-refractivity contribution in [3.8, 4) is 0 Å². The average Bonchev–Trinajstić information content (AvgIpc) is 3.47. The Labute approximate surface area is 228 Å². The number of nitrogens with zero attached hydrogens (tertiary/aromatic N) is 5. The van der Waals surface area contributed by atoms with Gasteiger partial charge >= 0.3 is 12.1 Å². The molecule has 0 radical (unpaired) electrons. The molecule has 3 atom stereocenters. The molecule has 3 rings (SSSR count). The lowest BCUT2D eigenvalue weighted by atomic mass is 9.98. The van der Waals surface area contributed by atoms with Gasteiger partial charge in [0, 0.05) is 5.38 Å². The molecule has 0 spiro atoms. The van der Waals surface area contributed by atoms with E-state index in [4.69, 9.17) is 14.3 Å². The summed E-state index contributed by atoms with van der Waals surface area (Å²) < 4.78 is 12.0. The van der Waals surface area contributed by atoms with Crippen molar-refractivity contribution in [1.29, 1.82) is 0 Å². The van der Waals surface area contributed by atoms with E-state index in [0.717, 1.165) is 11.3 Å². The molecule has 16 heteroatoms. The first-order chi connectivity index (χ1) is 18.1. The van der Waals surface area contributed by atoms with Crippen molar-refractivity contribution >= 4 is 46.1 Å². The van der Waals surface area contributed by atoms with Crippen molar-refractivity contribution in [3.63, 3.8) is 0 Å². The topological polar surface area (TPSA) is 188 Å². The van der Waals surface area contributed by atoms with Gasteiger partial charge in [0.15, 0.2) is 10.8 Å². The minimum absolute atomic E-state index is 0.0347. The van der Waals surface area contributed by atoms with Crippen LogP contribution in [0.15, 0.2) is 23.2 Å². The van der Waals surface area contributed by atoms with Crippen LogP contribution in [0.3, 0.4) is 0 Å². The first kappa shape index (κ1) is 29.5. The SMILES string of the molecule is C[C@H](O/N=C(\C(=O)NC1C(=O)NC1Cn1cncn1)c1csc(NC(=O)OC(C)(C)C)n1)C(=O)OC(C)(C)C. The first-order valence-corrected chi connectivity index (χ1v) is 12.9. The molecular weight excluding hydrogens is 532 g/mol. The number of rotatable bonds is 9. The van der Waals surface area contributed by atoms with Crippen LogP contribution in [0.1, 0.15) is 54.2 Å². The summed E-state index contributed by atoms with van der Waals surface area (Å²) in [4.78, 5) is 63.3. The van der Waals surface area contributed by atoms with Gasteiger partial charge in [0.05, 0.1) is 12.6 Å². The largest absolute Gasteiger partial charge is 0.457 e. The molecule has 0 bridgehead atoms. The van der Waals surface area contributed by atoms with Crippen LogP contribution < -0.4 is 16.0 Å². The molecule has 2 unspecified atom stereocenters. The number of nitrogens with one attached hydrogen (secondary N) is 3. The van der Waals surface area contributed by atoms with E-state index in [1.165, 1.54) is 29.6 Å². The molecule has 15 nitrogen and oxygen atoms in total. The second kappa shape index (κ2) is 11.8. The smallest absolute Gasteiger partial charge is 0.413 e. The van der Waals surface area contributed by atoms with Gasteiger partial charge < -0.3 is 24.9 Å². The Kier molecular flexibility index (Phi) is 8.88. The van der Waals surface area contributed by atoms with Gasteiger partial charge in [-0.2, -0.15) is 5.10 Å². The van der Waals surface area contributed by atoms with E-state index in [0.29, 0.717) is 0 Å². The Balaban J connectivity index is 1.78. The van der Waals surface area contributed by atoms with E-state index < -0.39 is 53.3 Å². The van der Waals surface area contributed by atoms with E-state index in [-0.39, 0.29) is 23.1 Å². The van der Waals surface area contributed by atoms with Crippen molar-refractivity contribution in [1.82, 2.24) is 30.4 Å². The van der Waals surface area contributed by atoms with Crippen molar-refractivity contribution in [3.05, 3.63) is 23.7 Å². The number of oxime groups is 1. The molecule has 212 valence electrons. The lowest BCUT2D eigenvalue weighted by Gasteiger charge is -2.36. The molecule has 1 saturated heterocycles. The zero-order valence-electron chi connectivity index (χ0n) is 22.7. The van der Waals surface area contributed by atoms with Crippen molar-refractivity contribution in [2.24, 2.45) is 5.16 Å². The number of β-lactam (4-membered cyclic amide) rings is 1. The molecule has 0 aromatic carbocycles. The number of carbonyl (C=O) groups excluding carboxylic acids is 4. The summed E-state index contributed by atoms with van der Waals surface area (Å²) in [6.07, 6.45) is 0.948. The molecule has 1 aliphatic rings. The maximum absolute atomic E-state index is 13.3. The number of hydrogen-bond donors (Lipinski definition) is 3. The highest BCUT2D eigenvalue weighted by Crippen LogP contribution is 2.19. The maximum atomic E-state index is 13.3. The van der Waals surface area contributed by atoms with Crippen molar-refractivity contribution < 1.29 is 33.5 Å². The third-order valence-corrected chi connectivity index (χ3v) is 5.52. The minimum Gasteiger partial charge on any atom is -0.457 e. The number of carbonyl (C=O) groups is 4. The van der Waals surface area contributed by atoms with Crippen molar-refractivity contribution in [2.45, 2.75) is 84.4 Å². The highest BCUT2D eigenvalue weighted by Gasteiger charge is 2.41. The van der Waals surface area contributed by atoms with Gasteiger partial charge in [0.1, 0.15) is 35.6 Å². The zero-order chi connectivity index (χ0) is 29.0.